The number of aliphatic hydroxyl groups is 2. The molecule has 0 fully saturated rings. The van der Waals surface area contributed by atoms with Crippen molar-refractivity contribution in [1.82, 2.24) is 0 Å². The first-order chi connectivity index (χ1) is 8.91. The van der Waals surface area contributed by atoms with Gasteiger partial charge < -0.3 is 10.2 Å². The third kappa shape index (κ3) is 15.7. The molecule has 0 aliphatic heterocycles. The van der Waals surface area contributed by atoms with Crippen LogP contribution in [0.25, 0.3) is 0 Å². The second kappa shape index (κ2) is 16.7. The van der Waals surface area contributed by atoms with Crippen LogP contribution in [0.1, 0.15) is 77.0 Å². The summed E-state index contributed by atoms with van der Waals surface area (Å²) >= 11 is 0. The van der Waals surface area contributed by atoms with Gasteiger partial charge in [-0.05, 0) is 38.5 Å². The summed E-state index contributed by atoms with van der Waals surface area (Å²) in [5.74, 6) is 0. The van der Waals surface area contributed by atoms with Crippen LogP contribution < -0.4 is 0 Å². The van der Waals surface area contributed by atoms with Crippen LogP contribution in [0.5, 0.6) is 0 Å². The highest BCUT2D eigenvalue weighted by atomic mass is 16.3. The summed E-state index contributed by atoms with van der Waals surface area (Å²) < 4.78 is 0. The van der Waals surface area contributed by atoms with E-state index in [2.05, 4.69) is 12.2 Å². The minimum Gasteiger partial charge on any atom is -0.396 e. The highest BCUT2D eigenvalue weighted by molar-refractivity contribution is 4.81. The molecule has 0 saturated heterocycles. The molecule has 0 aliphatic rings. The van der Waals surface area contributed by atoms with Gasteiger partial charge in [-0.1, -0.05) is 50.7 Å². The first-order valence-corrected chi connectivity index (χ1v) is 7.78. The maximum atomic E-state index is 8.63. The summed E-state index contributed by atoms with van der Waals surface area (Å²) in [5, 5.41) is 17.3. The lowest BCUT2D eigenvalue weighted by Gasteiger charge is -1.98. The van der Waals surface area contributed by atoms with Gasteiger partial charge in [-0.2, -0.15) is 0 Å². The minimum absolute atomic E-state index is 0.345. The molecule has 0 atom stereocenters. The molecule has 0 aromatic rings. The van der Waals surface area contributed by atoms with E-state index in [-0.39, 0.29) is 0 Å². The van der Waals surface area contributed by atoms with Crippen molar-refractivity contribution in [3.63, 3.8) is 0 Å². The predicted molar refractivity (Wildman–Crippen MR) is 78.7 cm³/mol. The summed E-state index contributed by atoms with van der Waals surface area (Å²) in [6, 6.07) is 0. The van der Waals surface area contributed by atoms with Crippen LogP contribution in [0.2, 0.25) is 0 Å². The molecule has 108 valence electrons. The number of hydrogen-bond acceptors (Lipinski definition) is 2. The van der Waals surface area contributed by atoms with E-state index < -0.39 is 0 Å². The molecule has 18 heavy (non-hydrogen) atoms. The second-order valence-electron chi connectivity index (χ2n) is 5.03. The van der Waals surface area contributed by atoms with Gasteiger partial charge in [-0.3, -0.25) is 0 Å². The maximum absolute atomic E-state index is 8.63. The van der Waals surface area contributed by atoms with Crippen LogP contribution in [0.15, 0.2) is 12.2 Å². The molecule has 0 aliphatic carbocycles. The zero-order valence-corrected chi connectivity index (χ0v) is 11.9. The average Bonchev–Trinajstić information content (AvgIpc) is 2.39. The van der Waals surface area contributed by atoms with Gasteiger partial charge in [-0.25, -0.2) is 0 Å². The molecule has 0 heterocycles. The largest absolute Gasteiger partial charge is 0.396 e. The summed E-state index contributed by atoms with van der Waals surface area (Å²) in [7, 11) is 0. The van der Waals surface area contributed by atoms with E-state index in [1.54, 1.807) is 0 Å². The summed E-state index contributed by atoms with van der Waals surface area (Å²) in [5.41, 5.74) is 0. The van der Waals surface area contributed by atoms with Crippen molar-refractivity contribution in [3.05, 3.63) is 12.2 Å². The molecule has 0 rings (SSSR count). The van der Waals surface area contributed by atoms with Crippen molar-refractivity contribution >= 4 is 0 Å². The molecule has 0 amide bonds. The number of aliphatic hydroxyl groups excluding tert-OH is 2. The van der Waals surface area contributed by atoms with Gasteiger partial charge in [0.15, 0.2) is 0 Å². The van der Waals surface area contributed by atoms with Crippen molar-refractivity contribution in [2.24, 2.45) is 0 Å². The van der Waals surface area contributed by atoms with E-state index in [0.717, 1.165) is 12.8 Å². The molecular formula is C16H32O2. The van der Waals surface area contributed by atoms with Crippen LogP contribution >= 0.6 is 0 Å². The number of hydrogen-bond donors (Lipinski definition) is 2. The zero-order valence-electron chi connectivity index (χ0n) is 11.9. The van der Waals surface area contributed by atoms with Crippen molar-refractivity contribution in [1.29, 1.82) is 0 Å². The van der Waals surface area contributed by atoms with E-state index >= 15 is 0 Å². The van der Waals surface area contributed by atoms with E-state index in [0.29, 0.717) is 13.2 Å². The van der Waals surface area contributed by atoms with Crippen LogP contribution in [0, 0.1) is 0 Å². The lowest BCUT2D eigenvalue weighted by molar-refractivity contribution is 0.282. The smallest absolute Gasteiger partial charge is 0.0431 e. The van der Waals surface area contributed by atoms with Crippen LogP contribution in [0.3, 0.4) is 0 Å². The standard InChI is InChI=1S/C16H32O2/c17-15-13-11-9-7-5-3-1-2-4-6-8-10-12-14-16-18/h1-2,17-18H,3-16H2/b2-1-. The number of rotatable bonds is 14. The van der Waals surface area contributed by atoms with Crippen molar-refractivity contribution in [3.8, 4) is 0 Å². The normalized spacial score (nSPS) is 11.4. The molecule has 0 saturated carbocycles. The lowest BCUT2D eigenvalue weighted by atomic mass is 10.1. The van der Waals surface area contributed by atoms with Gasteiger partial charge >= 0.3 is 0 Å². The molecule has 0 aromatic carbocycles. The molecule has 0 aromatic heterocycles. The second-order valence-corrected chi connectivity index (χ2v) is 5.03. The SMILES string of the molecule is OCCCCCCC/C=C\CCCCCCCO. The van der Waals surface area contributed by atoms with Gasteiger partial charge in [0.05, 0.1) is 0 Å². The Labute approximate surface area is 113 Å². The number of allylic oxidation sites excluding steroid dienone is 2. The highest BCUT2D eigenvalue weighted by Crippen LogP contribution is 2.08. The third-order valence-electron chi connectivity index (χ3n) is 3.22. The predicted octanol–water partition coefficient (Wildman–Crippen LogP) is 4.21. The number of unbranched alkanes of at least 4 members (excludes halogenated alkanes) is 10. The van der Waals surface area contributed by atoms with E-state index in [1.165, 1.54) is 64.2 Å². The Bertz CT molecular complexity index is 148. The summed E-state index contributed by atoms with van der Waals surface area (Å²) in [6.07, 6.45) is 19.0. The molecule has 2 heteroatoms. The summed E-state index contributed by atoms with van der Waals surface area (Å²) in [6.45, 7) is 0.691. The molecular weight excluding hydrogens is 224 g/mol. The van der Waals surface area contributed by atoms with Gasteiger partial charge in [-0.15, -0.1) is 0 Å². The monoisotopic (exact) mass is 256 g/mol. The van der Waals surface area contributed by atoms with Gasteiger partial charge in [0.1, 0.15) is 0 Å². The molecule has 0 spiro atoms. The average molecular weight is 256 g/mol. The molecule has 2 nitrogen and oxygen atoms in total. The van der Waals surface area contributed by atoms with Gasteiger partial charge in [0, 0.05) is 13.2 Å². The summed E-state index contributed by atoms with van der Waals surface area (Å²) in [4.78, 5) is 0. The Morgan fingerprint density at radius 3 is 1.17 bits per heavy atom. The Hall–Kier alpha value is -0.340. The van der Waals surface area contributed by atoms with Crippen LogP contribution in [-0.4, -0.2) is 23.4 Å². The van der Waals surface area contributed by atoms with Gasteiger partial charge in [0.2, 0.25) is 0 Å². The van der Waals surface area contributed by atoms with Crippen LogP contribution in [0.4, 0.5) is 0 Å². The lowest BCUT2D eigenvalue weighted by Crippen LogP contribution is -1.83. The molecule has 0 radical (unpaired) electrons. The van der Waals surface area contributed by atoms with Crippen molar-refractivity contribution in [2.75, 3.05) is 13.2 Å². The Morgan fingerprint density at radius 2 is 0.778 bits per heavy atom. The van der Waals surface area contributed by atoms with Crippen molar-refractivity contribution in [2.45, 2.75) is 77.0 Å². The molecule has 0 unspecified atom stereocenters. The van der Waals surface area contributed by atoms with Gasteiger partial charge in [0.25, 0.3) is 0 Å². The fourth-order valence-electron chi connectivity index (χ4n) is 2.04. The maximum Gasteiger partial charge on any atom is 0.0431 e. The molecule has 2 N–H and O–H groups in total. The minimum atomic E-state index is 0.345. The molecule has 0 bridgehead atoms. The van der Waals surface area contributed by atoms with E-state index in [1.807, 2.05) is 0 Å². The quantitative estimate of drug-likeness (QED) is 0.361. The topological polar surface area (TPSA) is 40.5 Å². The highest BCUT2D eigenvalue weighted by Gasteiger charge is 1.90. The first-order valence-electron chi connectivity index (χ1n) is 7.78. The Balaban J connectivity index is 3.00. The Morgan fingerprint density at radius 1 is 0.444 bits per heavy atom. The van der Waals surface area contributed by atoms with Crippen molar-refractivity contribution < 1.29 is 10.2 Å². The van der Waals surface area contributed by atoms with E-state index in [4.69, 9.17) is 10.2 Å². The Kier molecular flexibility index (Phi) is 16.3. The third-order valence-corrected chi connectivity index (χ3v) is 3.22. The van der Waals surface area contributed by atoms with Crippen LogP contribution in [-0.2, 0) is 0 Å². The first kappa shape index (κ1) is 17.7. The fraction of sp³-hybridized carbons (Fsp3) is 0.875. The van der Waals surface area contributed by atoms with E-state index in [9.17, 15) is 0 Å². The fourth-order valence-corrected chi connectivity index (χ4v) is 2.04. The zero-order chi connectivity index (χ0) is 13.3.